The van der Waals surface area contributed by atoms with E-state index < -0.39 is 5.97 Å². The SMILES string of the molecule is CC(NC(=O)CCc1ccc(C(=O)O)cc1)c1ccco1. The second-order valence-electron chi connectivity index (χ2n) is 4.81. The molecule has 2 N–H and O–H groups in total. The highest BCUT2D eigenvalue weighted by Crippen LogP contribution is 2.13. The van der Waals surface area contributed by atoms with Gasteiger partial charge in [0.2, 0.25) is 5.91 Å². The van der Waals surface area contributed by atoms with Gasteiger partial charge in [-0.2, -0.15) is 0 Å². The van der Waals surface area contributed by atoms with E-state index in [9.17, 15) is 9.59 Å². The minimum atomic E-state index is -0.952. The molecule has 0 radical (unpaired) electrons. The Hall–Kier alpha value is -2.56. The van der Waals surface area contributed by atoms with Crippen LogP contribution in [0.5, 0.6) is 0 Å². The van der Waals surface area contributed by atoms with Crippen LogP contribution < -0.4 is 5.32 Å². The zero-order valence-corrected chi connectivity index (χ0v) is 11.7. The van der Waals surface area contributed by atoms with Gasteiger partial charge in [0.05, 0.1) is 17.9 Å². The number of amides is 1. The van der Waals surface area contributed by atoms with Gasteiger partial charge in [-0.25, -0.2) is 4.79 Å². The standard InChI is InChI=1S/C16H17NO4/c1-11(14-3-2-10-21-14)17-15(18)9-6-12-4-7-13(8-5-12)16(19)20/h2-5,7-8,10-11H,6,9H2,1H3,(H,17,18)(H,19,20). The Bertz CT molecular complexity index is 602. The highest BCUT2D eigenvalue weighted by Gasteiger charge is 2.11. The second-order valence-corrected chi connectivity index (χ2v) is 4.81. The maximum atomic E-state index is 11.9. The van der Waals surface area contributed by atoms with Crippen molar-refractivity contribution in [1.29, 1.82) is 0 Å². The van der Waals surface area contributed by atoms with Crippen LogP contribution >= 0.6 is 0 Å². The van der Waals surface area contributed by atoms with Crippen molar-refractivity contribution < 1.29 is 19.1 Å². The Morgan fingerprint density at radius 2 is 1.95 bits per heavy atom. The molecule has 5 nitrogen and oxygen atoms in total. The average Bonchev–Trinajstić information content (AvgIpc) is 3.00. The normalized spacial score (nSPS) is 11.9. The van der Waals surface area contributed by atoms with Gasteiger partial charge in [-0.3, -0.25) is 4.79 Å². The molecule has 21 heavy (non-hydrogen) atoms. The summed E-state index contributed by atoms with van der Waals surface area (Å²) >= 11 is 0. The van der Waals surface area contributed by atoms with Crippen LogP contribution in [0.25, 0.3) is 0 Å². The molecular formula is C16H17NO4. The molecule has 0 bridgehead atoms. The molecule has 0 spiro atoms. The molecule has 5 heteroatoms. The van der Waals surface area contributed by atoms with E-state index in [0.717, 1.165) is 5.56 Å². The van der Waals surface area contributed by atoms with Crippen LogP contribution in [0, 0.1) is 0 Å². The van der Waals surface area contributed by atoms with E-state index in [1.807, 2.05) is 13.0 Å². The van der Waals surface area contributed by atoms with Crippen molar-refractivity contribution in [2.45, 2.75) is 25.8 Å². The highest BCUT2D eigenvalue weighted by molar-refractivity contribution is 5.87. The molecule has 110 valence electrons. The van der Waals surface area contributed by atoms with Gasteiger partial charge in [-0.15, -0.1) is 0 Å². The molecule has 0 saturated heterocycles. The number of hydrogen-bond donors (Lipinski definition) is 2. The molecule has 0 fully saturated rings. The first-order chi connectivity index (χ1) is 10.1. The van der Waals surface area contributed by atoms with E-state index in [4.69, 9.17) is 9.52 Å². The Balaban J connectivity index is 1.82. The number of carbonyl (C=O) groups is 2. The average molecular weight is 287 g/mol. The molecule has 1 aromatic heterocycles. The third kappa shape index (κ3) is 4.21. The lowest BCUT2D eigenvalue weighted by atomic mass is 10.1. The fourth-order valence-electron chi connectivity index (χ4n) is 1.99. The number of carboxylic acid groups (broad SMARTS) is 1. The van der Waals surface area contributed by atoms with Gasteiger partial charge in [0.1, 0.15) is 5.76 Å². The third-order valence-electron chi connectivity index (χ3n) is 3.19. The van der Waals surface area contributed by atoms with Crippen molar-refractivity contribution in [2.24, 2.45) is 0 Å². The topological polar surface area (TPSA) is 79.5 Å². The largest absolute Gasteiger partial charge is 0.478 e. The van der Waals surface area contributed by atoms with E-state index in [2.05, 4.69) is 5.32 Å². The number of carboxylic acids is 1. The quantitative estimate of drug-likeness (QED) is 0.856. The highest BCUT2D eigenvalue weighted by atomic mass is 16.4. The summed E-state index contributed by atoms with van der Waals surface area (Å²) in [4.78, 5) is 22.6. The van der Waals surface area contributed by atoms with Gasteiger partial charge in [0.15, 0.2) is 0 Å². The first-order valence-electron chi connectivity index (χ1n) is 6.71. The number of carbonyl (C=O) groups excluding carboxylic acids is 1. The van der Waals surface area contributed by atoms with Crippen molar-refractivity contribution in [3.05, 3.63) is 59.5 Å². The fraction of sp³-hybridized carbons (Fsp3) is 0.250. The molecular weight excluding hydrogens is 270 g/mol. The van der Waals surface area contributed by atoms with Gasteiger partial charge >= 0.3 is 5.97 Å². The molecule has 1 aromatic carbocycles. The van der Waals surface area contributed by atoms with E-state index in [-0.39, 0.29) is 17.5 Å². The number of aryl methyl sites for hydroxylation is 1. The number of rotatable bonds is 6. The van der Waals surface area contributed by atoms with Gasteiger partial charge in [0.25, 0.3) is 0 Å². The molecule has 0 aliphatic carbocycles. The molecule has 0 aliphatic heterocycles. The third-order valence-corrected chi connectivity index (χ3v) is 3.19. The smallest absolute Gasteiger partial charge is 0.335 e. The summed E-state index contributed by atoms with van der Waals surface area (Å²) in [5, 5.41) is 11.7. The van der Waals surface area contributed by atoms with Crippen LogP contribution in [0.4, 0.5) is 0 Å². The molecule has 1 heterocycles. The minimum absolute atomic E-state index is 0.0683. The van der Waals surface area contributed by atoms with Crippen LogP contribution in [0.3, 0.4) is 0 Å². The zero-order valence-electron chi connectivity index (χ0n) is 11.7. The molecule has 1 unspecified atom stereocenters. The van der Waals surface area contributed by atoms with Crippen LogP contribution in [-0.4, -0.2) is 17.0 Å². The minimum Gasteiger partial charge on any atom is -0.478 e. The first-order valence-corrected chi connectivity index (χ1v) is 6.71. The summed E-state index contributed by atoms with van der Waals surface area (Å²) in [6.07, 6.45) is 2.48. The lowest BCUT2D eigenvalue weighted by molar-refractivity contribution is -0.121. The fourth-order valence-corrected chi connectivity index (χ4v) is 1.99. The van der Waals surface area contributed by atoms with Crippen LogP contribution in [0.1, 0.15) is 41.1 Å². The van der Waals surface area contributed by atoms with Gasteiger partial charge < -0.3 is 14.8 Å². The second kappa shape index (κ2) is 6.74. The molecule has 1 atom stereocenters. The van der Waals surface area contributed by atoms with Crippen molar-refractivity contribution >= 4 is 11.9 Å². The van der Waals surface area contributed by atoms with Gasteiger partial charge in [-0.1, -0.05) is 12.1 Å². The maximum absolute atomic E-state index is 11.9. The number of hydrogen-bond acceptors (Lipinski definition) is 3. The zero-order chi connectivity index (χ0) is 15.2. The predicted molar refractivity (Wildman–Crippen MR) is 77.0 cm³/mol. The Morgan fingerprint density at radius 3 is 2.52 bits per heavy atom. The summed E-state index contributed by atoms with van der Waals surface area (Å²) < 4.78 is 5.22. The van der Waals surface area contributed by atoms with E-state index in [0.29, 0.717) is 18.6 Å². The monoisotopic (exact) mass is 287 g/mol. The van der Waals surface area contributed by atoms with Crippen molar-refractivity contribution in [3.8, 4) is 0 Å². The van der Waals surface area contributed by atoms with Crippen molar-refractivity contribution in [1.82, 2.24) is 5.32 Å². The summed E-state index contributed by atoms with van der Waals surface area (Å²) in [6.45, 7) is 1.86. The Labute approximate surface area is 122 Å². The van der Waals surface area contributed by atoms with E-state index >= 15 is 0 Å². The molecule has 2 aromatic rings. The number of aromatic carboxylic acids is 1. The Kier molecular flexibility index (Phi) is 4.77. The molecule has 0 saturated carbocycles. The summed E-state index contributed by atoms with van der Waals surface area (Å²) in [6, 6.07) is 9.97. The van der Waals surface area contributed by atoms with Crippen LogP contribution in [-0.2, 0) is 11.2 Å². The van der Waals surface area contributed by atoms with Crippen molar-refractivity contribution in [2.75, 3.05) is 0 Å². The van der Waals surface area contributed by atoms with Crippen molar-refractivity contribution in [3.63, 3.8) is 0 Å². The summed E-state index contributed by atoms with van der Waals surface area (Å²) in [5.74, 6) is -0.304. The van der Waals surface area contributed by atoms with Crippen LogP contribution in [0.15, 0.2) is 47.1 Å². The lowest BCUT2D eigenvalue weighted by Crippen LogP contribution is -2.26. The van der Waals surface area contributed by atoms with E-state index in [1.165, 1.54) is 0 Å². The maximum Gasteiger partial charge on any atom is 0.335 e. The summed E-state index contributed by atoms with van der Waals surface area (Å²) in [5.41, 5.74) is 1.18. The molecule has 2 rings (SSSR count). The molecule has 1 amide bonds. The van der Waals surface area contributed by atoms with E-state index in [1.54, 1.807) is 36.6 Å². The Morgan fingerprint density at radius 1 is 1.24 bits per heavy atom. The van der Waals surface area contributed by atoms with Gasteiger partial charge in [-0.05, 0) is 43.2 Å². The predicted octanol–water partition coefficient (Wildman–Crippen LogP) is 2.79. The van der Waals surface area contributed by atoms with Gasteiger partial charge in [0, 0.05) is 6.42 Å². The number of benzene rings is 1. The molecule has 0 aliphatic rings. The number of furan rings is 1. The number of nitrogens with one attached hydrogen (secondary N) is 1. The van der Waals surface area contributed by atoms with Crippen LogP contribution in [0.2, 0.25) is 0 Å². The lowest BCUT2D eigenvalue weighted by Gasteiger charge is -2.11. The first kappa shape index (κ1) is 14.8. The summed E-state index contributed by atoms with van der Waals surface area (Å²) in [7, 11) is 0.